The molecule has 0 aliphatic carbocycles. The maximum Gasteiger partial charge on any atom is 0.160 e. The van der Waals surface area contributed by atoms with Gasteiger partial charge in [0.2, 0.25) is 0 Å². The first-order valence-electron chi connectivity index (χ1n) is 4.96. The van der Waals surface area contributed by atoms with E-state index in [2.05, 4.69) is 10.2 Å². The summed E-state index contributed by atoms with van der Waals surface area (Å²) in [7, 11) is 5.62. The predicted octanol–water partition coefficient (Wildman–Crippen LogP) is 2.98. The number of anilines is 1. The Morgan fingerprint density at radius 2 is 2.00 bits per heavy atom. The van der Waals surface area contributed by atoms with Gasteiger partial charge < -0.3 is 15.0 Å². The van der Waals surface area contributed by atoms with Crippen molar-refractivity contribution in [2.45, 2.75) is 0 Å². The Hall–Kier alpha value is -0.640. The number of hydrogen-bond donors (Lipinski definition) is 1. The van der Waals surface area contributed by atoms with Gasteiger partial charge in [0, 0.05) is 18.1 Å². The van der Waals surface area contributed by atoms with Crippen LogP contribution >= 0.6 is 23.2 Å². The zero-order valence-electron chi connectivity index (χ0n) is 9.68. The third-order valence-electron chi connectivity index (χ3n) is 2.09. The minimum atomic E-state index is 0.516. The quantitative estimate of drug-likeness (QED) is 0.883. The molecule has 5 heteroatoms. The van der Waals surface area contributed by atoms with Gasteiger partial charge in [-0.1, -0.05) is 23.2 Å². The number of methoxy groups -OCH3 is 1. The van der Waals surface area contributed by atoms with Crippen molar-refractivity contribution in [2.75, 3.05) is 39.6 Å². The van der Waals surface area contributed by atoms with Gasteiger partial charge >= 0.3 is 0 Å². The number of halogens is 2. The summed E-state index contributed by atoms with van der Waals surface area (Å²) in [5.41, 5.74) is 0.821. The van der Waals surface area contributed by atoms with Crippen LogP contribution < -0.4 is 10.1 Å². The molecule has 0 heterocycles. The molecule has 0 amide bonds. The molecule has 1 aromatic rings. The van der Waals surface area contributed by atoms with Crippen LogP contribution in [0.3, 0.4) is 0 Å². The highest BCUT2D eigenvalue weighted by molar-refractivity contribution is 6.36. The molecule has 0 atom stereocenters. The number of hydrogen-bond acceptors (Lipinski definition) is 3. The van der Waals surface area contributed by atoms with Gasteiger partial charge in [-0.05, 0) is 26.2 Å². The lowest BCUT2D eigenvalue weighted by atomic mass is 10.3. The van der Waals surface area contributed by atoms with Gasteiger partial charge in [-0.2, -0.15) is 0 Å². The molecule has 0 fully saturated rings. The molecule has 1 aromatic carbocycles. The Morgan fingerprint density at radius 3 is 2.56 bits per heavy atom. The molecule has 0 saturated carbocycles. The number of nitrogens with one attached hydrogen (secondary N) is 1. The number of nitrogens with zero attached hydrogens (tertiary/aromatic N) is 1. The molecule has 0 spiro atoms. The maximum atomic E-state index is 6.02. The van der Waals surface area contributed by atoms with Crippen LogP contribution in [0.5, 0.6) is 5.75 Å². The third kappa shape index (κ3) is 3.74. The second kappa shape index (κ2) is 6.18. The van der Waals surface area contributed by atoms with Crippen molar-refractivity contribution < 1.29 is 4.74 Å². The molecule has 16 heavy (non-hydrogen) atoms. The van der Waals surface area contributed by atoms with Gasteiger partial charge in [-0.25, -0.2) is 0 Å². The van der Waals surface area contributed by atoms with E-state index in [-0.39, 0.29) is 0 Å². The van der Waals surface area contributed by atoms with Gasteiger partial charge in [-0.3, -0.25) is 0 Å². The normalized spacial score (nSPS) is 10.6. The van der Waals surface area contributed by atoms with Crippen LogP contribution in [0.15, 0.2) is 12.1 Å². The Morgan fingerprint density at radius 1 is 1.31 bits per heavy atom. The Bertz CT molecular complexity index is 356. The lowest BCUT2D eigenvalue weighted by Crippen LogP contribution is -2.21. The molecular weight excluding hydrogens is 247 g/mol. The first-order valence-corrected chi connectivity index (χ1v) is 5.72. The Balaban J connectivity index is 2.77. The van der Waals surface area contributed by atoms with E-state index in [4.69, 9.17) is 27.9 Å². The van der Waals surface area contributed by atoms with Gasteiger partial charge in [0.05, 0.1) is 17.8 Å². The molecule has 0 bridgehead atoms. The van der Waals surface area contributed by atoms with Crippen molar-refractivity contribution in [1.82, 2.24) is 4.90 Å². The largest absolute Gasteiger partial charge is 0.493 e. The van der Waals surface area contributed by atoms with E-state index in [0.29, 0.717) is 15.8 Å². The molecule has 1 rings (SSSR count). The van der Waals surface area contributed by atoms with Crippen LogP contribution in [0.25, 0.3) is 0 Å². The summed E-state index contributed by atoms with van der Waals surface area (Å²) in [6.07, 6.45) is 0. The standard InChI is InChI=1S/C11H16Cl2N2O/c1-15(2)5-4-14-10-7-8(12)6-9(13)11(10)16-3/h6-7,14H,4-5H2,1-3H3. The van der Waals surface area contributed by atoms with Crippen LogP contribution in [-0.4, -0.2) is 39.2 Å². The average Bonchev–Trinajstić information content (AvgIpc) is 2.16. The van der Waals surface area contributed by atoms with Gasteiger partial charge in [0.25, 0.3) is 0 Å². The highest BCUT2D eigenvalue weighted by Gasteiger charge is 2.09. The fourth-order valence-corrected chi connectivity index (χ4v) is 1.88. The first kappa shape index (κ1) is 13.4. The van der Waals surface area contributed by atoms with E-state index in [9.17, 15) is 0 Å². The number of likely N-dealkylation sites (N-methyl/N-ethyl adjacent to an activating group) is 1. The van der Waals surface area contributed by atoms with Crippen molar-refractivity contribution in [3.05, 3.63) is 22.2 Å². The topological polar surface area (TPSA) is 24.5 Å². The number of rotatable bonds is 5. The fourth-order valence-electron chi connectivity index (χ4n) is 1.31. The van der Waals surface area contributed by atoms with Crippen LogP contribution in [0.4, 0.5) is 5.69 Å². The van der Waals surface area contributed by atoms with Crippen LogP contribution in [0.2, 0.25) is 10.0 Å². The Labute approximate surface area is 106 Å². The first-order chi connectivity index (χ1) is 7.54. The van der Waals surface area contributed by atoms with Crippen molar-refractivity contribution in [1.29, 1.82) is 0 Å². The molecule has 0 aliphatic heterocycles. The maximum absolute atomic E-state index is 6.02. The summed E-state index contributed by atoms with van der Waals surface area (Å²) in [5.74, 6) is 0.629. The Kier molecular flexibility index (Phi) is 5.19. The summed E-state index contributed by atoms with van der Waals surface area (Å²) in [6.45, 7) is 1.73. The average molecular weight is 263 g/mol. The van der Waals surface area contributed by atoms with E-state index >= 15 is 0 Å². The summed E-state index contributed by atoms with van der Waals surface area (Å²) in [6, 6.07) is 3.47. The zero-order chi connectivity index (χ0) is 12.1. The van der Waals surface area contributed by atoms with Crippen LogP contribution in [0.1, 0.15) is 0 Å². The number of ether oxygens (including phenoxy) is 1. The smallest absolute Gasteiger partial charge is 0.160 e. The molecule has 90 valence electrons. The summed E-state index contributed by atoms with van der Waals surface area (Å²) in [4.78, 5) is 2.09. The molecule has 1 N–H and O–H groups in total. The van der Waals surface area contributed by atoms with E-state index in [1.54, 1.807) is 13.2 Å². The highest BCUT2D eigenvalue weighted by Crippen LogP contribution is 2.35. The highest BCUT2D eigenvalue weighted by atomic mass is 35.5. The van der Waals surface area contributed by atoms with E-state index < -0.39 is 0 Å². The van der Waals surface area contributed by atoms with Gasteiger partial charge in [-0.15, -0.1) is 0 Å². The number of benzene rings is 1. The van der Waals surface area contributed by atoms with Gasteiger partial charge in [0.15, 0.2) is 5.75 Å². The second-order valence-electron chi connectivity index (χ2n) is 3.70. The lowest BCUT2D eigenvalue weighted by molar-refractivity contribution is 0.413. The van der Waals surface area contributed by atoms with Gasteiger partial charge in [0.1, 0.15) is 0 Å². The van der Waals surface area contributed by atoms with Crippen molar-refractivity contribution in [2.24, 2.45) is 0 Å². The minimum Gasteiger partial charge on any atom is -0.493 e. The van der Waals surface area contributed by atoms with E-state index in [1.165, 1.54) is 0 Å². The zero-order valence-corrected chi connectivity index (χ0v) is 11.2. The minimum absolute atomic E-state index is 0.516. The summed E-state index contributed by atoms with van der Waals surface area (Å²) < 4.78 is 5.22. The third-order valence-corrected chi connectivity index (χ3v) is 2.59. The molecule has 0 aromatic heterocycles. The van der Waals surface area contributed by atoms with Crippen LogP contribution in [-0.2, 0) is 0 Å². The van der Waals surface area contributed by atoms with Crippen molar-refractivity contribution >= 4 is 28.9 Å². The van der Waals surface area contributed by atoms with E-state index in [1.807, 2.05) is 20.2 Å². The fraction of sp³-hybridized carbons (Fsp3) is 0.455. The molecule has 0 aliphatic rings. The molecule has 3 nitrogen and oxygen atoms in total. The van der Waals surface area contributed by atoms with Crippen LogP contribution in [0, 0.1) is 0 Å². The van der Waals surface area contributed by atoms with Crippen molar-refractivity contribution in [3.63, 3.8) is 0 Å². The predicted molar refractivity (Wildman–Crippen MR) is 70.1 cm³/mol. The SMILES string of the molecule is COc1c(Cl)cc(Cl)cc1NCCN(C)C. The molecule has 0 radical (unpaired) electrons. The molecular formula is C11H16Cl2N2O. The molecule has 0 unspecified atom stereocenters. The summed E-state index contributed by atoms with van der Waals surface area (Å²) in [5, 5.41) is 4.35. The second-order valence-corrected chi connectivity index (χ2v) is 4.54. The lowest BCUT2D eigenvalue weighted by Gasteiger charge is -2.15. The monoisotopic (exact) mass is 262 g/mol. The van der Waals surface area contributed by atoms with Crippen molar-refractivity contribution in [3.8, 4) is 5.75 Å². The molecule has 0 saturated heterocycles. The van der Waals surface area contributed by atoms with E-state index in [0.717, 1.165) is 18.8 Å². The summed E-state index contributed by atoms with van der Waals surface area (Å²) >= 11 is 11.9.